The lowest BCUT2D eigenvalue weighted by Gasteiger charge is -2.32. The minimum Gasteiger partial charge on any atom is -0.355 e. The van der Waals surface area contributed by atoms with Gasteiger partial charge in [-0.2, -0.15) is 0 Å². The number of nitrogens with zero attached hydrogens (tertiary/aromatic N) is 2. The summed E-state index contributed by atoms with van der Waals surface area (Å²) in [4.78, 5) is 27.8. The van der Waals surface area contributed by atoms with Gasteiger partial charge < -0.3 is 10.2 Å². The summed E-state index contributed by atoms with van der Waals surface area (Å²) in [6.07, 6.45) is 0. The van der Waals surface area contributed by atoms with Gasteiger partial charge in [-0.05, 0) is 68.3 Å². The van der Waals surface area contributed by atoms with Crippen LogP contribution in [0.3, 0.4) is 0 Å². The van der Waals surface area contributed by atoms with E-state index in [1.54, 1.807) is 32.0 Å². The monoisotopic (exact) mass is 527 g/mol. The van der Waals surface area contributed by atoms with E-state index in [1.807, 2.05) is 43.3 Å². The molecular weight excluding hydrogens is 498 g/mol. The first-order valence-electron chi connectivity index (χ1n) is 11.6. The topological polar surface area (TPSA) is 86.8 Å². The third-order valence-electron chi connectivity index (χ3n) is 5.68. The number of aryl methyl sites for hydroxylation is 1. The zero-order valence-corrected chi connectivity index (χ0v) is 22.1. The summed E-state index contributed by atoms with van der Waals surface area (Å²) in [5.41, 5.74) is 2.02. The maximum absolute atomic E-state index is 13.7. The number of halogens is 1. The van der Waals surface area contributed by atoms with Crippen molar-refractivity contribution in [2.24, 2.45) is 0 Å². The van der Waals surface area contributed by atoms with Crippen LogP contribution < -0.4 is 9.62 Å². The van der Waals surface area contributed by atoms with Crippen molar-refractivity contribution in [2.75, 3.05) is 17.4 Å². The number of carbonyl (C=O) groups excluding carboxylic acids is 2. The normalized spacial score (nSPS) is 12.0. The number of hydrogen-bond acceptors (Lipinski definition) is 4. The average molecular weight is 528 g/mol. The van der Waals surface area contributed by atoms with Gasteiger partial charge in [0.2, 0.25) is 11.8 Å². The van der Waals surface area contributed by atoms with E-state index < -0.39 is 28.5 Å². The van der Waals surface area contributed by atoms with Crippen molar-refractivity contribution < 1.29 is 18.0 Å². The molecule has 0 aliphatic heterocycles. The van der Waals surface area contributed by atoms with Gasteiger partial charge in [-0.25, -0.2) is 8.42 Å². The summed E-state index contributed by atoms with van der Waals surface area (Å²) in [5.74, 6) is -0.818. The highest BCUT2D eigenvalue weighted by molar-refractivity contribution is 7.92. The summed E-state index contributed by atoms with van der Waals surface area (Å²) in [5, 5.41) is 3.14. The standard InChI is InChI=1S/C27H30ClN3O4S/c1-4-29-27(33)21(3)30(18-22-10-6-5-7-11-22)26(32)19-31(24-12-8-9-20(2)17-24)36(34,35)25-15-13-23(28)14-16-25/h5-17,21H,4,18-19H2,1-3H3,(H,29,33)/t21-/m0/s1. The molecule has 1 N–H and O–H groups in total. The smallest absolute Gasteiger partial charge is 0.264 e. The molecule has 0 spiro atoms. The summed E-state index contributed by atoms with van der Waals surface area (Å²) < 4.78 is 28.5. The molecule has 7 nitrogen and oxygen atoms in total. The first kappa shape index (κ1) is 27.2. The molecule has 2 amide bonds. The fourth-order valence-electron chi connectivity index (χ4n) is 3.73. The number of sulfonamides is 1. The molecule has 0 fully saturated rings. The summed E-state index contributed by atoms with van der Waals surface area (Å²) in [7, 11) is -4.12. The lowest BCUT2D eigenvalue weighted by Crippen LogP contribution is -2.51. The predicted molar refractivity (Wildman–Crippen MR) is 142 cm³/mol. The number of nitrogens with one attached hydrogen (secondary N) is 1. The minimum atomic E-state index is -4.12. The van der Waals surface area contributed by atoms with Crippen molar-refractivity contribution in [1.82, 2.24) is 10.2 Å². The van der Waals surface area contributed by atoms with Crippen LogP contribution in [0.5, 0.6) is 0 Å². The highest BCUT2D eigenvalue weighted by Crippen LogP contribution is 2.26. The number of carbonyl (C=O) groups is 2. The van der Waals surface area contributed by atoms with E-state index in [2.05, 4.69) is 5.32 Å². The Morgan fingerprint density at radius 2 is 1.64 bits per heavy atom. The van der Waals surface area contributed by atoms with Gasteiger partial charge in [-0.1, -0.05) is 54.1 Å². The molecule has 0 aromatic heterocycles. The first-order valence-corrected chi connectivity index (χ1v) is 13.4. The Balaban J connectivity index is 2.02. The number of rotatable bonds is 10. The Hall–Kier alpha value is -3.36. The second kappa shape index (κ2) is 12.1. The molecule has 9 heteroatoms. The molecule has 0 saturated carbocycles. The van der Waals surface area contributed by atoms with Crippen LogP contribution in [0.15, 0.2) is 83.8 Å². The zero-order valence-electron chi connectivity index (χ0n) is 20.5. The molecule has 36 heavy (non-hydrogen) atoms. The van der Waals surface area contributed by atoms with Crippen molar-refractivity contribution in [1.29, 1.82) is 0 Å². The van der Waals surface area contributed by atoms with Gasteiger partial charge in [0.1, 0.15) is 12.6 Å². The molecular formula is C27H30ClN3O4S. The summed E-state index contributed by atoms with van der Waals surface area (Å²) in [6.45, 7) is 5.36. The van der Waals surface area contributed by atoms with Crippen LogP contribution in [-0.2, 0) is 26.2 Å². The fourth-order valence-corrected chi connectivity index (χ4v) is 5.26. The third kappa shape index (κ3) is 6.65. The Morgan fingerprint density at radius 3 is 2.25 bits per heavy atom. The Bertz CT molecular complexity index is 1300. The average Bonchev–Trinajstić information content (AvgIpc) is 2.86. The van der Waals surface area contributed by atoms with Gasteiger partial charge in [-0.3, -0.25) is 13.9 Å². The molecule has 0 saturated heterocycles. The molecule has 1 atom stereocenters. The lowest BCUT2D eigenvalue weighted by atomic mass is 10.1. The number of anilines is 1. The van der Waals surface area contributed by atoms with E-state index in [4.69, 9.17) is 11.6 Å². The summed E-state index contributed by atoms with van der Waals surface area (Å²) >= 11 is 5.97. The quantitative estimate of drug-likeness (QED) is 0.423. The number of hydrogen-bond donors (Lipinski definition) is 1. The van der Waals surface area contributed by atoms with E-state index in [0.29, 0.717) is 17.3 Å². The first-order chi connectivity index (χ1) is 17.1. The maximum atomic E-state index is 13.7. The largest absolute Gasteiger partial charge is 0.355 e. The van der Waals surface area contributed by atoms with Gasteiger partial charge in [-0.15, -0.1) is 0 Å². The van der Waals surface area contributed by atoms with Crippen molar-refractivity contribution in [3.63, 3.8) is 0 Å². The highest BCUT2D eigenvalue weighted by atomic mass is 35.5. The van der Waals surface area contributed by atoms with Gasteiger partial charge in [0.05, 0.1) is 10.6 Å². The van der Waals surface area contributed by atoms with E-state index in [9.17, 15) is 18.0 Å². The molecule has 0 bridgehead atoms. The second-order valence-electron chi connectivity index (χ2n) is 8.38. The van der Waals surface area contributed by atoms with E-state index >= 15 is 0 Å². The number of benzene rings is 3. The van der Waals surface area contributed by atoms with Crippen LogP contribution in [0, 0.1) is 6.92 Å². The zero-order chi connectivity index (χ0) is 26.3. The molecule has 0 radical (unpaired) electrons. The Labute approximate surface area is 217 Å². The molecule has 3 aromatic carbocycles. The van der Waals surface area contributed by atoms with Crippen molar-refractivity contribution in [3.05, 3.63) is 95.0 Å². The molecule has 0 heterocycles. The lowest BCUT2D eigenvalue weighted by molar-refractivity contribution is -0.139. The highest BCUT2D eigenvalue weighted by Gasteiger charge is 2.32. The van der Waals surface area contributed by atoms with Crippen molar-refractivity contribution in [3.8, 4) is 0 Å². The van der Waals surface area contributed by atoms with E-state index in [1.165, 1.54) is 29.2 Å². The second-order valence-corrected chi connectivity index (χ2v) is 10.7. The molecule has 0 aliphatic carbocycles. The van der Waals surface area contributed by atoms with Crippen LogP contribution in [0.2, 0.25) is 5.02 Å². The fraction of sp³-hybridized carbons (Fsp3) is 0.259. The van der Waals surface area contributed by atoms with E-state index in [-0.39, 0.29) is 17.3 Å². The predicted octanol–water partition coefficient (Wildman–Crippen LogP) is 4.40. The Kier molecular flexibility index (Phi) is 9.12. The van der Waals surface area contributed by atoms with Crippen molar-refractivity contribution in [2.45, 2.75) is 38.3 Å². The summed E-state index contributed by atoms with van der Waals surface area (Å²) in [6, 6.07) is 21.2. The van der Waals surface area contributed by atoms with E-state index in [0.717, 1.165) is 15.4 Å². The molecule has 0 aliphatic rings. The van der Waals surface area contributed by atoms with Crippen molar-refractivity contribution >= 4 is 39.1 Å². The van der Waals surface area contributed by atoms with Crippen LogP contribution in [0.25, 0.3) is 0 Å². The minimum absolute atomic E-state index is 0.00703. The van der Waals surface area contributed by atoms with Gasteiger partial charge in [0.15, 0.2) is 0 Å². The molecule has 3 aromatic rings. The SMILES string of the molecule is CCNC(=O)[C@H](C)N(Cc1ccccc1)C(=O)CN(c1cccc(C)c1)S(=O)(=O)c1ccc(Cl)cc1. The Morgan fingerprint density at radius 1 is 0.972 bits per heavy atom. The number of likely N-dealkylation sites (N-methyl/N-ethyl adjacent to an activating group) is 1. The molecule has 3 rings (SSSR count). The molecule has 0 unspecified atom stereocenters. The third-order valence-corrected chi connectivity index (χ3v) is 7.72. The number of amides is 2. The van der Waals surface area contributed by atoms with Gasteiger partial charge in [0.25, 0.3) is 10.0 Å². The maximum Gasteiger partial charge on any atom is 0.264 e. The van der Waals surface area contributed by atoms with Gasteiger partial charge >= 0.3 is 0 Å². The van der Waals surface area contributed by atoms with Gasteiger partial charge in [0, 0.05) is 18.1 Å². The van der Waals surface area contributed by atoms with Crippen LogP contribution in [-0.4, -0.2) is 44.3 Å². The van der Waals surface area contributed by atoms with Crippen LogP contribution >= 0.6 is 11.6 Å². The van der Waals surface area contributed by atoms with Crippen LogP contribution in [0.4, 0.5) is 5.69 Å². The molecule has 190 valence electrons. The van der Waals surface area contributed by atoms with Crippen LogP contribution in [0.1, 0.15) is 25.0 Å².